The SMILES string of the molecule is C#CCCCCN(C)P(=O)(Cl)OCC1CN(C(c2ccccc2)(c2ccccc2)c2ccccc2)CC(n2c(=O)[nH]cc(C)c2=O)O1. The summed E-state index contributed by atoms with van der Waals surface area (Å²) in [5.74, 6) is 2.61. The van der Waals surface area contributed by atoms with Crippen molar-refractivity contribution in [1.29, 1.82) is 0 Å². The predicted octanol–water partition coefficient (Wildman–Crippen LogP) is 6.14. The van der Waals surface area contributed by atoms with Crippen LogP contribution in [0.25, 0.3) is 0 Å². The van der Waals surface area contributed by atoms with Gasteiger partial charge < -0.3 is 14.2 Å². The molecule has 9 nitrogen and oxygen atoms in total. The molecule has 1 aliphatic rings. The Labute approximate surface area is 280 Å². The molecule has 0 aliphatic carbocycles. The Bertz CT molecular complexity index is 1730. The number of ether oxygens (including phenoxy) is 1. The van der Waals surface area contributed by atoms with Gasteiger partial charge in [-0.15, -0.1) is 12.3 Å². The summed E-state index contributed by atoms with van der Waals surface area (Å²) in [6, 6.07) is 30.3. The number of rotatable bonds is 13. The molecule has 0 amide bonds. The summed E-state index contributed by atoms with van der Waals surface area (Å²) < 4.78 is 28.5. The van der Waals surface area contributed by atoms with Crippen molar-refractivity contribution in [1.82, 2.24) is 19.1 Å². The van der Waals surface area contributed by atoms with E-state index in [1.165, 1.54) is 10.9 Å². The van der Waals surface area contributed by atoms with E-state index in [0.29, 0.717) is 31.5 Å². The Balaban J connectivity index is 1.60. The normalized spacial score (nSPS) is 18.4. The van der Waals surface area contributed by atoms with Crippen LogP contribution in [0.5, 0.6) is 0 Å². The van der Waals surface area contributed by atoms with Crippen molar-refractivity contribution < 1.29 is 13.8 Å². The quantitative estimate of drug-likeness (QED) is 0.0788. The summed E-state index contributed by atoms with van der Waals surface area (Å²) in [5, 5.41) is 0. The molecule has 11 heteroatoms. The van der Waals surface area contributed by atoms with E-state index < -0.39 is 36.0 Å². The van der Waals surface area contributed by atoms with E-state index in [-0.39, 0.29) is 13.2 Å². The predicted molar refractivity (Wildman–Crippen MR) is 185 cm³/mol. The maximum absolute atomic E-state index is 13.5. The van der Waals surface area contributed by atoms with E-state index >= 15 is 0 Å². The van der Waals surface area contributed by atoms with Gasteiger partial charge in [-0.1, -0.05) is 91.0 Å². The maximum atomic E-state index is 13.5. The minimum Gasteiger partial charge on any atom is -0.349 e. The molecule has 3 unspecified atom stereocenters. The van der Waals surface area contributed by atoms with Crippen LogP contribution in [0.3, 0.4) is 0 Å². The van der Waals surface area contributed by atoms with Crippen LogP contribution in [0.2, 0.25) is 0 Å². The number of benzene rings is 3. The molecule has 246 valence electrons. The summed E-state index contributed by atoms with van der Waals surface area (Å²) in [5.41, 5.74) is 1.40. The molecule has 5 rings (SSSR count). The highest BCUT2D eigenvalue weighted by atomic mass is 35.7. The van der Waals surface area contributed by atoms with E-state index in [1.807, 2.05) is 54.6 Å². The van der Waals surface area contributed by atoms with Gasteiger partial charge in [0.15, 0.2) is 6.23 Å². The number of hydrogen-bond acceptors (Lipinski definition) is 6. The van der Waals surface area contributed by atoms with Crippen LogP contribution in [0.1, 0.15) is 47.7 Å². The molecule has 47 heavy (non-hydrogen) atoms. The zero-order valence-electron chi connectivity index (χ0n) is 26.6. The number of H-pyrrole nitrogens is 1. The summed E-state index contributed by atoms with van der Waals surface area (Å²) >= 11 is 6.50. The van der Waals surface area contributed by atoms with Crippen LogP contribution in [-0.2, 0) is 19.4 Å². The van der Waals surface area contributed by atoms with E-state index in [4.69, 9.17) is 26.9 Å². The minimum atomic E-state index is -3.73. The number of nitrogens with one attached hydrogen (secondary N) is 1. The third kappa shape index (κ3) is 7.55. The summed E-state index contributed by atoms with van der Waals surface area (Å²) in [6.07, 6.45) is 7.15. The first-order chi connectivity index (χ1) is 22.7. The van der Waals surface area contributed by atoms with Crippen molar-refractivity contribution in [3.8, 4) is 12.3 Å². The highest BCUT2D eigenvalue weighted by molar-refractivity contribution is 7.83. The van der Waals surface area contributed by atoms with Gasteiger partial charge in [0.05, 0.1) is 18.2 Å². The van der Waals surface area contributed by atoms with Crippen molar-refractivity contribution in [3.05, 3.63) is 140 Å². The van der Waals surface area contributed by atoms with Crippen LogP contribution in [0.4, 0.5) is 0 Å². The summed E-state index contributed by atoms with van der Waals surface area (Å²) in [4.78, 5) is 31.5. The average Bonchev–Trinajstić information content (AvgIpc) is 3.09. The Morgan fingerprint density at radius 1 is 0.979 bits per heavy atom. The van der Waals surface area contributed by atoms with Gasteiger partial charge in [-0.3, -0.25) is 14.3 Å². The molecule has 0 radical (unpaired) electrons. The molecule has 1 aromatic heterocycles. The summed E-state index contributed by atoms with van der Waals surface area (Å²) in [6.45, 7) is -1.32. The molecule has 4 aromatic rings. The molecule has 2 heterocycles. The molecule has 0 bridgehead atoms. The highest BCUT2D eigenvalue weighted by Crippen LogP contribution is 2.55. The molecule has 1 fully saturated rings. The fourth-order valence-electron chi connectivity index (χ4n) is 6.22. The standard InChI is InChI=1S/C36H40ClN4O5P/c1-4-5-6-16-23-39(3)47(37,44)45-27-32-25-40(26-33(46-32)41-34(42)28(2)24-38-35(41)43)36(29-17-10-7-11-18-29,30-19-12-8-13-20-30)31-21-14-9-15-22-31/h1,7-15,17-22,24,32-33H,5-6,16,23,25-27H2,2-3H3,(H,38,43). The number of hydrogen-bond donors (Lipinski definition) is 1. The van der Waals surface area contributed by atoms with E-state index in [0.717, 1.165) is 27.7 Å². The molecule has 0 spiro atoms. The fraction of sp³-hybridized carbons (Fsp3) is 0.333. The van der Waals surface area contributed by atoms with Crippen molar-refractivity contribution in [2.24, 2.45) is 0 Å². The number of nitrogens with zero attached hydrogens (tertiary/aromatic N) is 3. The molecule has 0 saturated carbocycles. The topological polar surface area (TPSA) is 96.9 Å². The van der Waals surface area contributed by atoms with Crippen molar-refractivity contribution in [3.63, 3.8) is 0 Å². The van der Waals surface area contributed by atoms with Crippen molar-refractivity contribution in [2.75, 3.05) is 33.3 Å². The lowest BCUT2D eigenvalue weighted by Crippen LogP contribution is -2.59. The van der Waals surface area contributed by atoms with Crippen LogP contribution in [0.15, 0.2) is 107 Å². The Kier molecular flexibility index (Phi) is 11.4. The van der Waals surface area contributed by atoms with Gasteiger partial charge in [-0.05, 0) is 54.7 Å². The highest BCUT2D eigenvalue weighted by Gasteiger charge is 2.47. The van der Waals surface area contributed by atoms with Gasteiger partial charge >= 0.3 is 12.6 Å². The lowest BCUT2D eigenvalue weighted by atomic mass is 9.75. The first kappa shape index (κ1) is 34.6. The second kappa shape index (κ2) is 15.4. The Morgan fingerprint density at radius 3 is 2.06 bits per heavy atom. The van der Waals surface area contributed by atoms with Gasteiger partial charge in [-0.2, -0.15) is 0 Å². The lowest BCUT2D eigenvalue weighted by Gasteiger charge is -2.50. The number of aromatic amines is 1. The second-order valence-electron chi connectivity index (χ2n) is 11.7. The van der Waals surface area contributed by atoms with Crippen molar-refractivity contribution >= 4 is 18.1 Å². The molecular weight excluding hydrogens is 635 g/mol. The molecule has 1 aliphatic heterocycles. The van der Waals surface area contributed by atoms with Gasteiger partial charge in [0.1, 0.15) is 0 Å². The smallest absolute Gasteiger partial charge is 0.349 e. The number of aromatic nitrogens is 2. The largest absolute Gasteiger partial charge is 0.362 e. The van der Waals surface area contributed by atoms with Gasteiger partial charge in [0, 0.05) is 37.8 Å². The van der Waals surface area contributed by atoms with E-state index in [1.54, 1.807) is 14.0 Å². The first-order valence-corrected chi connectivity index (χ1v) is 18.1. The molecule has 1 N–H and O–H groups in total. The lowest BCUT2D eigenvalue weighted by molar-refractivity contribution is -0.149. The van der Waals surface area contributed by atoms with Crippen LogP contribution in [0, 0.1) is 19.3 Å². The number of morpholine rings is 1. The molecule has 1 saturated heterocycles. The second-order valence-corrected chi connectivity index (χ2v) is 14.8. The third-order valence-corrected chi connectivity index (χ3v) is 11.1. The van der Waals surface area contributed by atoms with Crippen LogP contribution < -0.4 is 11.2 Å². The Hall–Kier alpha value is -3.74. The molecule has 3 aromatic carbocycles. The van der Waals surface area contributed by atoms with Gasteiger partial charge in [-0.25, -0.2) is 14.0 Å². The minimum absolute atomic E-state index is 0.143. The van der Waals surface area contributed by atoms with E-state index in [2.05, 4.69) is 52.2 Å². The number of halogens is 1. The zero-order chi connectivity index (χ0) is 33.4. The van der Waals surface area contributed by atoms with Gasteiger partial charge in [0.25, 0.3) is 5.56 Å². The first-order valence-electron chi connectivity index (χ1n) is 15.7. The van der Waals surface area contributed by atoms with Crippen LogP contribution in [-0.4, -0.2) is 58.5 Å². The van der Waals surface area contributed by atoms with E-state index in [9.17, 15) is 14.2 Å². The molecule has 3 atom stereocenters. The number of terminal acetylenes is 1. The number of aryl methyl sites for hydroxylation is 1. The Morgan fingerprint density at radius 2 is 1.53 bits per heavy atom. The summed E-state index contributed by atoms with van der Waals surface area (Å²) in [7, 11) is 1.65. The monoisotopic (exact) mass is 674 g/mol. The van der Waals surface area contributed by atoms with Gasteiger partial charge in [0.2, 0.25) is 0 Å². The van der Waals surface area contributed by atoms with Crippen LogP contribution >= 0.6 is 18.1 Å². The maximum Gasteiger partial charge on any atom is 0.362 e. The van der Waals surface area contributed by atoms with Crippen molar-refractivity contribution in [2.45, 2.75) is 44.1 Å². The average molecular weight is 675 g/mol. The third-order valence-electron chi connectivity index (χ3n) is 8.55. The molecular formula is C36H40ClN4O5P. The number of unbranched alkanes of at least 4 members (excludes halogenated alkanes) is 2. The fourth-order valence-corrected chi connectivity index (χ4v) is 7.54. The zero-order valence-corrected chi connectivity index (χ0v) is 28.3.